The SMILES string of the molecule is CCOC(=O)c1ccsc1NC(=O)c1ccc(=O)[nH]c1. The van der Waals surface area contributed by atoms with E-state index in [9.17, 15) is 14.4 Å². The molecule has 0 aliphatic rings. The summed E-state index contributed by atoms with van der Waals surface area (Å²) in [5.41, 5.74) is 0.326. The summed E-state index contributed by atoms with van der Waals surface area (Å²) in [4.78, 5) is 37.0. The molecular weight excluding hydrogens is 280 g/mol. The Hall–Kier alpha value is -2.41. The Morgan fingerprint density at radius 2 is 2.15 bits per heavy atom. The average molecular weight is 292 g/mol. The van der Waals surface area contributed by atoms with Gasteiger partial charge in [-0.1, -0.05) is 0 Å². The largest absolute Gasteiger partial charge is 0.462 e. The van der Waals surface area contributed by atoms with E-state index in [1.165, 1.54) is 29.7 Å². The lowest BCUT2D eigenvalue weighted by Gasteiger charge is -2.05. The van der Waals surface area contributed by atoms with Crippen molar-refractivity contribution in [1.82, 2.24) is 4.98 Å². The molecule has 1 amide bonds. The molecule has 6 nitrogen and oxygen atoms in total. The van der Waals surface area contributed by atoms with Gasteiger partial charge in [-0.15, -0.1) is 11.3 Å². The molecule has 2 aromatic heterocycles. The number of hydrogen-bond acceptors (Lipinski definition) is 5. The number of carbonyl (C=O) groups excluding carboxylic acids is 2. The van der Waals surface area contributed by atoms with E-state index in [-0.39, 0.29) is 12.2 Å². The highest BCUT2D eigenvalue weighted by atomic mass is 32.1. The molecule has 0 bridgehead atoms. The number of amides is 1. The van der Waals surface area contributed by atoms with Crippen LogP contribution in [0.5, 0.6) is 0 Å². The van der Waals surface area contributed by atoms with Crippen molar-refractivity contribution in [2.45, 2.75) is 6.92 Å². The molecule has 0 unspecified atom stereocenters. The van der Waals surface area contributed by atoms with Gasteiger partial charge in [0.05, 0.1) is 17.7 Å². The number of carbonyl (C=O) groups is 2. The normalized spacial score (nSPS) is 10.1. The smallest absolute Gasteiger partial charge is 0.341 e. The Bertz CT molecular complexity index is 669. The lowest BCUT2D eigenvalue weighted by Crippen LogP contribution is -2.16. The highest BCUT2D eigenvalue weighted by Gasteiger charge is 2.16. The Balaban J connectivity index is 2.16. The van der Waals surface area contributed by atoms with Crippen LogP contribution in [0.15, 0.2) is 34.6 Å². The van der Waals surface area contributed by atoms with Gasteiger partial charge in [-0.25, -0.2) is 4.79 Å². The van der Waals surface area contributed by atoms with Gasteiger partial charge in [-0.05, 0) is 24.4 Å². The van der Waals surface area contributed by atoms with Gasteiger partial charge in [-0.2, -0.15) is 0 Å². The van der Waals surface area contributed by atoms with Crippen LogP contribution in [0.4, 0.5) is 5.00 Å². The third-order valence-electron chi connectivity index (χ3n) is 2.43. The minimum absolute atomic E-state index is 0.266. The van der Waals surface area contributed by atoms with E-state index in [0.717, 1.165) is 0 Å². The molecule has 0 aromatic carbocycles. The van der Waals surface area contributed by atoms with Crippen LogP contribution in [0.1, 0.15) is 27.6 Å². The first-order chi connectivity index (χ1) is 9.61. The van der Waals surface area contributed by atoms with Crippen molar-refractivity contribution >= 4 is 28.2 Å². The fraction of sp³-hybridized carbons (Fsp3) is 0.154. The van der Waals surface area contributed by atoms with Crippen molar-refractivity contribution in [3.63, 3.8) is 0 Å². The summed E-state index contributed by atoms with van der Waals surface area (Å²) in [6.07, 6.45) is 1.31. The number of ether oxygens (including phenoxy) is 1. The third-order valence-corrected chi connectivity index (χ3v) is 3.26. The number of aromatic nitrogens is 1. The fourth-order valence-electron chi connectivity index (χ4n) is 1.50. The Morgan fingerprint density at radius 3 is 2.80 bits per heavy atom. The van der Waals surface area contributed by atoms with Crippen LogP contribution in [0.2, 0.25) is 0 Å². The van der Waals surface area contributed by atoms with Crippen LogP contribution in [-0.4, -0.2) is 23.5 Å². The molecule has 2 aromatic rings. The maximum atomic E-state index is 12.0. The summed E-state index contributed by atoms with van der Waals surface area (Å²) in [6, 6.07) is 4.26. The van der Waals surface area contributed by atoms with Gasteiger partial charge in [0, 0.05) is 12.3 Å². The van der Waals surface area contributed by atoms with E-state index in [1.54, 1.807) is 18.4 Å². The van der Waals surface area contributed by atoms with E-state index in [4.69, 9.17) is 4.74 Å². The molecule has 20 heavy (non-hydrogen) atoms. The predicted molar refractivity (Wildman–Crippen MR) is 75.3 cm³/mol. The molecule has 0 aliphatic heterocycles. The van der Waals surface area contributed by atoms with E-state index in [0.29, 0.717) is 16.1 Å². The van der Waals surface area contributed by atoms with E-state index in [2.05, 4.69) is 10.3 Å². The molecule has 2 N–H and O–H groups in total. The van der Waals surface area contributed by atoms with Crippen molar-refractivity contribution in [1.29, 1.82) is 0 Å². The standard InChI is InChI=1S/C13H12N2O4S/c1-2-19-13(18)9-5-6-20-12(9)15-11(17)8-3-4-10(16)14-7-8/h3-7H,2H2,1H3,(H,14,16)(H,15,17). The number of thiophene rings is 1. The summed E-state index contributed by atoms with van der Waals surface area (Å²) >= 11 is 1.23. The maximum Gasteiger partial charge on any atom is 0.341 e. The predicted octanol–water partition coefficient (Wildman–Crippen LogP) is 1.87. The molecule has 0 spiro atoms. The lowest BCUT2D eigenvalue weighted by molar-refractivity contribution is 0.0528. The minimum atomic E-state index is -0.481. The molecule has 2 heterocycles. The van der Waals surface area contributed by atoms with Crippen LogP contribution < -0.4 is 10.9 Å². The summed E-state index contributed by atoms with van der Waals surface area (Å²) in [5, 5.41) is 4.73. The molecule has 0 saturated heterocycles. The Labute approximate surface area is 118 Å². The van der Waals surface area contributed by atoms with Gasteiger partial charge in [0.15, 0.2) is 0 Å². The average Bonchev–Trinajstić information content (AvgIpc) is 2.88. The number of nitrogens with one attached hydrogen (secondary N) is 2. The quantitative estimate of drug-likeness (QED) is 0.842. The second-order valence-corrected chi connectivity index (χ2v) is 4.70. The summed E-state index contributed by atoms with van der Waals surface area (Å²) in [7, 11) is 0. The summed E-state index contributed by atoms with van der Waals surface area (Å²) < 4.78 is 4.90. The zero-order valence-corrected chi connectivity index (χ0v) is 11.5. The second-order valence-electron chi connectivity index (χ2n) is 3.78. The Morgan fingerprint density at radius 1 is 1.35 bits per heavy atom. The van der Waals surface area contributed by atoms with Crippen LogP contribution in [-0.2, 0) is 4.74 Å². The van der Waals surface area contributed by atoms with Crippen molar-refractivity contribution in [3.8, 4) is 0 Å². The van der Waals surface area contributed by atoms with Gasteiger partial charge >= 0.3 is 5.97 Å². The van der Waals surface area contributed by atoms with Gasteiger partial charge in [0.25, 0.3) is 5.91 Å². The summed E-state index contributed by atoms with van der Waals surface area (Å²) in [6.45, 7) is 1.98. The van der Waals surface area contributed by atoms with E-state index in [1.807, 2.05) is 0 Å². The molecule has 0 atom stereocenters. The molecular formula is C13H12N2O4S. The molecule has 7 heteroatoms. The van der Waals surface area contributed by atoms with Crippen LogP contribution >= 0.6 is 11.3 Å². The van der Waals surface area contributed by atoms with Crippen molar-refractivity contribution in [2.24, 2.45) is 0 Å². The summed E-state index contributed by atoms with van der Waals surface area (Å²) in [5.74, 6) is -0.889. The molecule has 2 rings (SSSR count). The molecule has 0 aliphatic carbocycles. The topological polar surface area (TPSA) is 88.3 Å². The van der Waals surface area contributed by atoms with Crippen LogP contribution in [0, 0.1) is 0 Å². The zero-order valence-electron chi connectivity index (χ0n) is 10.6. The number of rotatable bonds is 4. The fourth-order valence-corrected chi connectivity index (χ4v) is 2.27. The molecule has 0 radical (unpaired) electrons. The van der Waals surface area contributed by atoms with E-state index < -0.39 is 11.9 Å². The number of esters is 1. The number of anilines is 1. The number of aromatic amines is 1. The van der Waals surface area contributed by atoms with Gasteiger partial charge < -0.3 is 15.0 Å². The molecule has 104 valence electrons. The number of pyridine rings is 1. The monoisotopic (exact) mass is 292 g/mol. The van der Waals surface area contributed by atoms with Crippen LogP contribution in [0.3, 0.4) is 0 Å². The first-order valence-corrected chi connectivity index (χ1v) is 6.74. The zero-order chi connectivity index (χ0) is 14.5. The molecule has 0 saturated carbocycles. The first-order valence-electron chi connectivity index (χ1n) is 5.86. The van der Waals surface area contributed by atoms with Gasteiger partial charge in [0.1, 0.15) is 5.00 Å². The van der Waals surface area contributed by atoms with Crippen molar-refractivity contribution in [2.75, 3.05) is 11.9 Å². The number of H-pyrrole nitrogens is 1. The third kappa shape index (κ3) is 3.12. The Kier molecular flexibility index (Phi) is 4.31. The van der Waals surface area contributed by atoms with Crippen molar-refractivity contribution in [3.05, 3.63) is 51.3 Å². The first kappa shape index (κ1) is 14.0. The van der Waals surface area contributed by atoms with Gasteiger partial charge in [0.2, 0.25) is 5.56 Å². The second kappa shape index (κ2) is 6.16. The van der Waals surface area contributed by atoms with E-state index >= 15 is 0 Å². The van der Waals surface area contributed by atoms with Crippen LogP contribution in [0.25, 0.3) is 0 Å². The maximum absolute atomic E-state index is 12.0. The van der Waals surface area contributed by atoms with Crippen molar-refractivity contribution < 1.29 is 14.3 Å². The minimum Gasteiger partial charge on any atom is -0.462 e. The lowest BCUT2D eigenvalue weighted by atomic mass is 10.2. The highest BCUT2D eigenvalue weighted by molar-refractivity contribution is 7.14. The highest BCUT2D eigenvalue weighted by Crippen LogP contribution is 2.24. The molecule has 0 fully saturated rings. The number of hydrogen-bond donors (Lipinski definition) is 2. The van der Waals surface area contributed by atoms with Gasteiger partial charge in [-0.3, -0.25) is 9.59 Å².